The molecule has 0 saturated carbocycles. The summed E-state index contributed by atoms with van der Waals surface area (Å²) in [7, 11) is 0. The van der Waals surface area contributed by atoms with Gasteiger partial charge < -0.3 is 5.11 Å². The molecule has 0 rings (SSSR count). The molecule has 0 saturated heterocycles. The minimum Gasteiger partial charge on any atom is -0.850 e. The molecule has 0 N–H and O–H groups in total. The summed E-state index contributed by atoms with van der Waals surface area (Å²) in [5.74, 6) is -5.08. The maximum Gasteiger partial charge on any atom is 1.00 e. The Labute approximate surface area is 112 Å². The molecule has 0 aliphatic heterocycles. The Morgan fingerprint density at radius 3 is 1.30 bits per heavy atom. The van der Waals surface area contributed by atoms with Gasteiger partial charge in [0.15, 0.2) is 0 Å². The fourth-order valence-electron chi connectivity index (χ4n) is 0.0818. The van der Waals surface area contributed by atoms with Crippen molar-refractivity contribution >= 4 is 0 Å². The fourth-order valence-corrected chi connectivity index (χ4v) is 0.0818. The zero-order valence-corrected chi connectivity index (χ0v) is 11.3. The summed E-state index contributed by atoms with van der Waals surface area (Å²) in [4.78, 5) is 0. The fraction of sp³-hybridized carbons (Fsp3) is 1.00. The summed E-state index contributed by atoms with van der Waals surface area (Å²) in [6.07, 6.45) is -5.70. The Bertz CT molecular complexity index is 99.6. The molecule has 0 aromatic carbocycles. The maximum absolute atomic E-state index is 11.2. The van der Waals surface area contributed by atoms with Crippen molar-refractivity contribution in [1.29, 1.82) is 0 Å². The first kappa shape index (κ1) is 14.2. The third-order valence-corrected chi connectivity index (χ3v) is 0.596. The summed E-state index contributed by atoms with van der Waals surface area (Å²) in [5.41, 5.74) is 0. The monoisotopic (exact) mass is 282 g/mol. The van der Waals surface area contributed by atoms with Crippen LogP contribution in [-0.2, 0) is 0 Å². The zero-order chi connectivity index (χ0) is 7.71. The molecule has 0 amide bonds. The van der Waals surface area contributed by atoms with Crippen LogP contribution in [0, 0.1) is 0 Å². The van der Waals surface area contributed by atoms with E-state index in [1.165, 1.54) is 0 Å². The van der Waals surface area contributed by atoms with Gasteiger partial charge in [0.2, 0.25) is 0 Å². The van der Waals surface area contributed by atoms with Gasteiger partial charge in [0.1, 0.15) is 0 Å². The van der Waals surface area contributed by atoms with Gasteiger partial charge in [0.05, 0.1) is 0 Å². The summed E-state index contributed by atoms with van der Waals surface area (Å²) in [6.45, 7) is -2.45. The number of rotatable bonds is 1. The minimum atomic E-state index is -5.70. The van der Waals surface area contributed by atoms with E-state index >= 15 is 0 Å². The minimum absolute atomic E-state index is 0. The van der Waals surface area contributed by atoms with Crippen LogP contribution in [0.4, 0.5) is 22.0 Å². The van der Waals surface area contributed by atoms with E-state index in [1.807, 2.05) is 0 Å². The average molecular weight is 282 g/mol. The van der Waals surface area contributed by atoms with Crippen LogP contribution < -0.4 is 74.0 Å². The Balaban J connectivity index is 0. The summed E-state index contributed by atoms with van der Waals surface area (Å²) < 4.78 is 55.1. The molecule has 1 nitrogen and oxygen atoms in total. The summed E-state index contributed by atoms with van der Waals surface area (Å²) >= 11 is 0. The van der Waals surface area contributed by atoms with E-state index in [-0.39, 0.29) is 68.9 Å². The van der Waals surface area contributed by atoms with E-state index in [2.05, 4.69) is 0 Å². The van der Waals surface area contributed by atoms with Gasteiger partial charge >= 0.3 is 81.0 Å². The van der Waals surface area contributed by atoms with Crippen LogP contribution in [0.5, 0.6) is 0 Å². The van der Waals surface area contributed by atoms with E-state index in [9.17, 15) is 22.0 Å². The van der Waals surface area contributed by atoms with Crippen LogP contribution in [0.3, 0.4) is 0 Å². The quantitative estimate of drug-likeness (QED) is 0.490. The predicted octanol–water partition coefficient (Wildman–Crippen LogP) is -2.45. The van der Waals surface area contributed by atoms with Gasteiger partial charge in [0.25, 0.3) is 0 Å². The van der Waals surface area contributed by atoms with Gasteiger partial charge in [-0.15, -0.1) is 0 Å². The number of halogens is 5. The van der Waals surface area contributed by atoms with Gasteiger partial charge in [-0.25, -0.2) is 0 Å². The molecule has 56 valence electrons. The van der Waals surface area contributed by atoms with E-state index in [1.54, 1.807) is 0 Å². The van der Waals surface area contributed by atoms with Crippen molar-refractivity contribution in [2.24, 2.45) is 0 Å². The van der Waals surface area contributed by atoms with Gasteiger partial charge in [-0.2, -0.15) is 22.0 Å². The van der Waals surface area contributed by atoms with Crippen molar-refractivity contribution in [2.75, 3.05) is 6.61 Å². The second kappa shape index (κ2) is 4.63. The SMILES string of the molecule is [Cs+].[O-]CC(F)(F)C(F)(F)F. The van der Waals surface area contributed by atoms with Crippen LogP contribution in [0.25, 0.3) is 0 Å². The topological polar surface area (TPSA) is 23.1 Å². The molecular weight excluding hydrogens is 280 g/mol. The second-order valence-electron chi connectivity index (χ2n) is 1.35. The number of hydrogen-bond acceptors (Lipinski definition) is 1. The van der Waals surface area contributed by atoms with E-state index in [4.69, 9.17) is 5.11 Å². The average Bonchev–Trinajstić information content (AvgIpc) is 1.64. The Kier molecular flexibility index (Phi) is 6.58. The molecule has 0 aliphatic carbocycles. The Morgan fingerprint density at radius 1 is 1.00 bits per heavy atom. The number of hydrogen-bond donors (Lipinski definition) is 0. The molecule has 0 aromatic heterocycles. The molecule has 0 radical (unpaired) electrons. The standard InChI is InChI=1S/C3H2F5O.Cs/c4-2(5,1-9)3(6,7)8;/h1H2;/q-1;+1. The molecular formula is C3H2CsF5O. The van der Waals surface area contributed by atoms with Crippen molar-refractivity contribution in [3.63, 3.8) is 0 Å². The van der Waals surface area contributed by atoms with Crippen LogP contribution in [-0.4, -0.2) is 18.7 Å². The van der Waals surface area contributed by atoms with Crippen molar-refractivity contribution in [3.05, 3.63) is 0 Å². The first-order chi connectivity index (χ1) is 3.81. The van der Waals surface area contributed by atoms with Gasteiger partial charge in [-0.1, -0.05) is 6.61 Å². The molecule has 10 heavy (non-hydrogen) atoms. The van der Waals surface area contributed by atoms with Crippen LogP contribution in [0.1, 0.15) is 0 Å². The summed E-state index contributed by atoms with van der Waals surface area (Å²) in [5, 5.41) is 9.13. The summed E-state index contributed by atoms with van der Waals surface area (Å²) in [6, 6.07) is 0. The smallest absolute Gasteiger partial charge is 0.850 e. The van der Waals surface area contributed by atoms with Gasteiger partial charge in [0, 0.05) is 0 Å². The second-order valence-corrected chi connectivity index (χ2v) is 1.35. The van der Waals surface area contributed by atoms with Crippen molar-refractivity contribution < 1.29 is 96.0 Å². The third-order valence-electron chi connectivity index (χ3n) is 0.596. The van der Waals surface area contributed by atoms with Gasteiger partial charge in [-0.05, 0) is 0 Å². The molecule has 0 spiro atoms. The molecule has 0 bridgehead atoms. The normalized spacial score (nSPS) is 12.6. The van der Waals surface area contributed by atoms with E-state index in [0.717, 1.165) is 0 Å². The van der Waals surface area contributed by atoms with Gasteiger partial charge in [-0.3, -0.25) is 0 Å². The third kappa shape index (κ3) is 3.88. The predicted molar refractivity (Wildman–Crippen MR) is 15.9 cm³/mol. The molecule has 0 heterocycles. The van der Waals surface area contributed by atoms with Crippen LogP contribution in [0.2, 0.25) is 0 Å². The van der Waals surface area contributed by atoms with Crippen LogP contribution >= 0.6 is 0 Å². The molecule has 7 heteroatoms. The molecule has 0 unspecified atom stereocenters. The Morgan fingerprint density at radius 2 is 1.30 bits per heavy atom. The van der Waals surface area contributed by atoms with Crippen molar-refractivity contribution in [1.82, 2.24) is 0 Å². The Hall–Kier alpha value is 1.66. The molecule has 0 aromatic rings. The maximum atomic E-state index is 11.2. The molecule has 0 fully saturated rings. The zero-order valence-electron chi connectivity index (χ0n) is 5.01. The molecule has 0 atom stereocenters. The van der Waals surface area contributed by atoms with E-state index < -0.39 is 18.7 Å². The van der Waals surface area contributed by atoms with Crippen molar-refractivity contribution in [3.8, 4) is 0 Å². The first-order valence-corrected chi connectivity index (χ1v) is 1.84. The number of alkyl halides is 5. The van der Waals surface area contributed by atoms with Crippen molar-refractivity contribution in [2.45, 2.75) is 12.1 Å². The van der Waals surface area contributed by atoms with E-state index in [0.29, 0.717) is 0 Å². The largest absolute Gasteiger partial charge is 1.00 e. The first-order valence-electron chi connectivity index (χ1n) is 1.84. The molecule has 0 aliphatic rings. The van der Waals surface area contributed by atoms with Crippen LogP contribution in [0.15, 0.2) is 0 Å².